The Morgan fingerprint density at radius 1 is 1.24 bits per heavy atom. The second-order valence-electron chi connectivity index (χ2n) is 6.86. The molecule has 3 heteroatoms. The number of aryl methyl sites for hydroxylation is 1. The van der Waals surface area contributed by atoms with E-state index in [9.17, 15) is 0 Å². The molecule has 0 aromatic heterocycles. The normalized spacial score (nSPS) is 28.1. The summed E-state index contributed by atoms with van der Waals surface area (Å²) >= 11 is 3.74. The van der Waals surface area contributed by atoms with Crippen LogP contribution in [0.3, 0.4) is 0 Å². The monoisotopic (exact) mass is 350 g/mol. The first-order valence-corrected chi connectivity index (χ1v) is 9.18. The number of benzene rings is 1. The smallest absolute Gasteiger partial charge is 0.0481 e. The molecule has 3 unspecified atom stereocenters. The summed E-state index contributed by atoms with van der Waals surface area (Å²) < 4.78 is 1.21. The average Bonchev–Trinajstić information content (AvgIpc) is 2.50. The molecule has 0 spiro atoms. The molecule has 0 radical (unpaired) electrons. The van der Waals surface area contributed by atoms with Crippen molar-refractivity contribution in [2.75, 3.05) is 19.6 Å². The van der Waals surface area contributed by atoms with Gasteiger partial charge < -0.3 is 5.73 Å². The van der Waals surface area contributed by atoms with Crippen LogP contribution in [-0.4, -0.2) is 24.5 Å². The third-order valence-electron chi connectivity index (χ3n) is 5.50. The molecule has 1 aromatic rings. The van der Waals surface area contributed by atoms with E-state index >= 15 is 0 Å². The van der Waals surface area contributed by atoms with Gasteiger partial charge in [-0.1, -0.05) is 47.3 Å². The Labute approximate surface area is 137 Å². The van der Waals surface area contributed by atoms with Crippen molar-refractivity contribution < 1.29 is 0 Å². The van der Waals surface area contributed by atoms with Crippen LogP contribution in [0.5, 0.6) is 0 Å². The van der Waals surface area contributed by atoms with Gasteiger partial charge in [0.1, 0.15) is 0 Å². The summed E-state index contributed by atoms with van der Waals surface area (Å²) in [5.74, 6) is 1.89. The Balaban J connectivity index is 1.77. The number of likely N-dealkylation sites (tertiary alicyclic amines) is 1. The van der Waals surface area contributed by atoms with Crippen LogP contribution in [0.15, 0.2) is 22.7 Å². The quantitative estimate of drug-likeness (QED) is 0.881. The second-order valence-corrected chi connectivity index (χ2v) is 7.72. The highest BCUT2D eigenvalue weighted by atomic mass is 79.9. The van der Waals surface area contributed by atoms with E-state index in [2.05, 4.69) is 46.0 Å². The summed E-state index contributed by atoms with van der Waals surface area (Å²) in [6, 6.07) is 7.04. The van der Waals surface area contributed by atoms with Crippen LogP contribution in [0.4, 0.5) is 0 Å². The predicted octanol–water partition coefficient (Wildman–Crippen LogP) is 4.27. The highest BCUT2D eigenvalue weighted by Crippen LogP contribution is 2.39. The zero-order chi connectivity index (χ0) is 14.8. The fourth-order valence-corrected chi connectivity index (χ4v) is 5.04. The van der Waals surface area contributed by atoms with E-state index in [4.69, 9.17) is 5.73 Å². The summed E-state index contributed by atoms with van der Waals surface area (Å²) in [5, 5.41) is 0. The molecule has 2 nitrogen and oxygen atoms in total. The lowest BCUT2D eigenvalue weighted by atomic mass is 9.74. The molecule has 21 heavy (non-hydrogen) atoms. The molecular formula is C18H27BrN2. The second kappa shape index (κ2) is 6.80. The van der Waals surface area contributed by atoms with E-state index in [1.165, 1.54) is 60.8 Å². The van der Waals surface area contributed by atoms with Gasteiger partial charge in [0.05, 0.1) is 0 Å². The van der Waals surface area contributed by atoms with Crippen LogP contribution in [0, 0.1) is 18.8 Å². The fraction of sp³-hybridized carbons (Fsp3) is 0.667. The standard InChI is InChI=1S/C18H27BrN2/c1-13-6-7-16(17(19)10-13)18(11-20)21-9-8-14-4-2-3-5-15(14)12-21/h6-7,10,14-15,18H,2-5,8-9,11-12,20H2,1H3. The van der Waals surface area contributed by atoms with Crippen LogP contribution in [0.2, 0.25) is 0 Å². The van der Waals surface area contributed by atoms with Crippen molar-refractivity contribution in [1.82, 2.24) is 4.90 Å². The molecule has 2 aliphatic rings. The Morgan fingerprint density at radius 3 is 2.71 bits per heavy atom. The highest BCUT2D eigenvalue weighted by molar-refractivity contribution is 9.10. The van der Waals surface area contributed by atoms with Gasteiger partial charge in [-0.3, -0.25) is 4.90 Å². The molecule has 1 aromatic carbocycles. The van der Waals surface area contributed by atoms with Crippen molar-refractivity contribution in [2.24, 2.45) is 17.6 Å². The Hall–Kier alpha value is -0.380. The number of hydrogen-bond acceptors (Lipinski definition) is 2. The third kappa shape index (κ3) is 3.35. The minimum absolute atomic E-state index is 0.364. The Bertz CT molecular complexity index is 488. The van der Waals surface area contributed by atoms with Crippen molar-refractivity contribution >= 4 is 15.9 Å². The van der Waals surface area contributed by atoms with Crippen molar-refractivity contribution in [3.63, 3.8) is 0 Å². The molecular weight excluding hydrogens is 324 g/mol. The van der Waals surface area contributed by atoms with Gasteiger partial charge in [0.15, 0.2) is 0 Å². The molecule has 1 aliphatic heterocycles. The largest absolute Gasteiger partial charge is 0.329 e. The van der Waals surface area contributed by atoms with Gasteiger partial charge >= 0.3 is 0 Å². The van der Waals surface area contributed by atoms with Crippen molar-refractivity contribution in [3.8, 4) is 0 Å². The van der Waals surface area contributed by atoms with Gasteiger partial charge in [-0.2, -0.15) is 0 Å². The summed E-state index contributed by atoms with van der Waals surface area (Å²) in [4.78, 5) is 2.64. The van der Waals surface area contributed by atoms with Crippen molar-refractivity contribution in [2.45, 2.75) is 45.1 Å². The van der Waals surface area contributed by atoms with E-state index in [0.29, 0.717) is 12.6 Å². The van der Waals surface area contributed by atoms with E-state index in [-0.39, 0.29) is 0 Å². The maximum atomic E-state index is 6.15. The third-order valence-corrected chi connectivity index (χ3v) is 6.19. The lowest BCUT2D eigenvalue weighted by Gasteiger charge is -2.44. The lowest BCUT2D eigenvalue weighted by molar-refractivity contribution is 0.0584. The van der Waals surface area contributed by atoms with Crippen LogP contribution < -0.4 is 5.73 Å². The fourth-order valence-electron chi connectivity index (χ4n) is 4.29. The van der Waals surface area contributed by atoms with Crippen molar-refractivity contribution in [1.29, 1.82) is 0 Å². The van der Waals surface area contributed by atoms with Gasteiger partial charge in [-0.15, -0.1) is 0 Å². The molecule has 116 valence electrons. The summed E-state index contributed by atoms with van der Waals surface area (Å²) in [6.07, 6.45) is 7.12. The minimum atomic E-state index is 0.364. The molecule has 2 N–H and O–H groups in total. The number of halogens is 1. The number of fused-ring (bicyclic) bond motifs is 1. The molecule has 1 saturated carbocycles. The number of piperidine rings is 1. The first-order chi connectivity index (χ1) is 10.2. The van der Waals surface area contributed by atoms with Gasteiger partial charge in [0, 0.05) is 23.6 Å². The van der Waals surface area contributed by atoms with Gasteiger partial charge in [-0.25, -0.2) is 0 Å². The van der Waals surface area contributed by atoms with Gasteiger partial charge in [0.25, 0.3) is 0 Å². The lowest BCUT2D eigenvalue weighted by Crippen LogP contribution is -2.45. The molecule has 1 saturated heterocycles. The minimum Gasteiger partial charge on any atom is -0.329 e. The van der Waals surface area contributed by atoms with Crippen LogP contribution in [0.25, 0.3) is 0 Å². The summed E-state index contributed by atoms with van der Waals surface area (Å²) in [7, 11) is 0. The molecule has 0 amide bonds. The number of nitrogens with two attached hydrogens (primary N) is 1. The maximum absolute atomic E-state index is 6.15. The van der Waals surface area contributed by atoms with Crippen molar-refractivity contribution in [3.05, 3.63) is 33.8 Å². The summed E-state index contributed by atoms with van der Waals surface area (Å²) in [5.41, 5.74) is 8.81. The molecule has 0 bridgehead atoms. The first kappa shape index (κ1) is 15.5. The van der Waals surface area contributed by atoms with E-state index < -0.39 is 0 Å². The molecule has 3 rings (SSSR count). The van der Waals surface area contributed by atoms with E-state index in [1.807, 2.05) is 0 Å². The van der Waals surface area contributed by atoms with E-state index in [1.54, 1.807) is 0 Å². The molecule has 1 aliphatic carbocycles. The predicted molar refractivity (Wildman–Crippen MR) is 92.3 cm³/mol. The van der Waals surface area contributed by atoms with E-state index in [0.717, 1.165) is 11.8 Å². The molecule has 3 atom stereocenters. The van der Waals surface area contributed by atoms with Crippen LogP contribution >= 0.6 is 15.9 Å². The Kier molecular flexibility index (Phi) is 5.03. The number of rotatable bonds is 3. The SMILES string of the molecule is Cc1ccc(C(CN)N2CCC3CCCCC3C2)c(Br)c1. The zero-order valence-electron chi connectivity index (χ0n) is 13.0. The topological polar surface area (TPSA) is 29.3 Å². The van der Waals surface area contributed by atoms with Gasteiger partial charge in [0.2, 0.25) is 0 Å². The molecule has 2 fully saturated rings. The molecule has 1 heterocycles. The zero-order valence-corrected chi connectivity index (χ0v) is 14.6. The maximum Gasteiger partial charge on any atom is 0.0481 e. The van der Waals surface area contributed by atoms with Crippen LogP contribution in [-0.2, 0) is 0 Å². The van der Waals surface area contributed by atoms with Crippen LogP contribution in [0.1, 0.15) is 49.3 Å². The van der Waals surface area contributed by atoms with Gasteiger partial charge in [-0.05, 0) is 55.3 Å². The number of nitrogens with zero attached hydrogens (tertiary/aromatic N) is 1. The number of hydrogen-bond donors (Lipinski definition) is 1. The Morgan fingerprint density at radius 2 is 2.00 bits per heavy atom. The average molecular weight is 351 g/mol. The summed E-state index contributed by atoms with van der Waals surface area (Å²) in [6.45, 7) is 5.30. The first-order valence-electron chi connectivity index (χ1n) is 8.39. The highest BCUT2D eigenvalue weighted by Gasteiger charge is 2.34.